The van der Waals surface area contributed by atoms with Crippen LogP contribution in [0.15, 0.2) is 36.4 Å². The monoisotopic (exact) mass is 361 g/mol. The van der Waals surface area contributed by atoms with Gasteiger partial charge in [0.15, 0.2) is 23.0 Å². The largest absolute Gasteiger partial charge is 0.489 e. The molecular weight excluding hydrogens is 342 g/mol. The lowest BCUT2D eigenvalue weighted by Gasteiger charge is -2.26. The molecule has 1 atom stereocenters. The van der Waals surface area contributed by atoms with Gasteiger partial charge in [0.1, 0.15) is 12.7 Å². The Kier molecular flexibility index (Phi) is 4.85. The molecule has 2 aliphatic heterocycles. The van der Waals surface area contributed by atoms with Crippen molar-refractivity contribution in [2.45, 2.75) is 19.1 Å². The fraction of sp³-hybridized carbons (Fsp3) is 0.368. The van der Waals surface area contributed by atoms with Crippen LogP contribution in [0.1, 0.15) is 12.0 Å². The first-order valence-corrected chi connectivity index (χ1v) is 8.84. The van der Waals surface area contributed by atoms with Crippen molar-refractivity contribution < 1.29 is 18.9 Å². The quantitative estimate of drug-likeness (QED) is 0.904. The van der Waals surface area contributed by atoms with E-state index in [-0.39, 0.29) is 6.10 Å². The van der Waals surface area contributed by atoms with Gasteiger partial charge in [0, 0.05) is 19.5 Å². The standard InChI is InChI=1S/C19H20ClNO4/c20-15-8-13(9-18-19(15)23-7-3-6-22-18)10-21-11-14-12-24-16-4-1-2-5-17(16)25-14/h1-2,4-5,8-9,14,21H,3,6-7,10-12H2/t14-/m0/s1. The summed E-state index contributed by atoms with van der Waals surface area (Å²) in [7, 11) is 0. The minimum absolute atomic E-state index is 0.0224. The highest BCUT2D eigenvalue weighted by atomic mass is 35.5. The second-order valence-electron chi connectivity index (χ2n) is 6.08. The minimum Gasteiger partial charge on any atom is -0.489 e. The van der Waals surface area contributed by atoms with Gasteiger partial charge in [0.25, 0.3) is 0 Å². The Morgan fingerprint density at radius 2 is 1.84 bits per heavy atom. The normalized spacial score (nSPS) is 18.5. The van der Waals surface area contributed by atoms with E-state index in [1.165, 1.54) is 0 Å². The van der Waals surface area contributed by atoms with Gasteiger partial charge in [0.05, 0.1) is 18.2 Å². The first-order valence-electron chi connectivity index (χ1n) is 8.47. The van der Waals surface area contributed by atoms with E-state index in [0.29, 0.717) is 49.4 Å². The van der Waals surface area contributed by atoms with Crippen LogP contribution in [-0.2, 0) is 6.54 Å². The summed E-state index contributed by atoms with van der Waals surface area (Å²) in [5.41, 5.74) is 1.05. The number of hydrogen-bond acceptors (Lipinski definition) is 5. The van der Waals surface area contributed by atoms with Crippen LogP contribution >= 0.6 is 11.6 Å². The van der Waals surface area contributed by atoms with Crippen LogP contribution in [0.4, 0.5) is 0 Å². The van der Waals surface area contributed by atoms with Crippen molar-refractivity contribution in [3.05, 3.63) is 47.0 Å². The van der Waals surface area contributed by atoms with E-state index in [1.807, 2.05) is 36.4 Å². The lowest BCUT2D eigenvalue weighted by Crippen LogP contribution is -2.38. The number of fused-ring (bicyclic) bond motifs is 2. The number of benzene rings is 2. The molecule has 0 saturated heterocycles. The summed E-state index contributed by atoms with van der Waals surface area (Å²) in [5.74, 6) is 2.95. The molecule has 2 aromatic rings. The predicted octanol–water partition coefficient (Wildman–Crippen LogP) is 3.43. The molecule has 0 unspecified atom stereocenters. The Hall–Kier alpha value is -2.11. The Labute approximate surface area is 151 Å². The molecule has 0 radical (unpaired) electrons. The molecule has 0 fully saturated rings. The molecule has 1 N–H and O–H groups in total. The molecule has 0 saturated carbocycles. The Bertz CT molecular complexity index is 752. The van der Waals surface area contributed by atoms with E-state index < -0.39 is 0 Å². The van der Waals surface area contributed by atoms with Crippen molar-refractivity contribution in [1.82, 2.24) is 5.32 Å². The maximum atomic E-state index is 6.33. The van der Waals surface area contributed by atoms with E-state index in [1.54, 1.807) is 0 Å². The summed E-state index contributed by atoms with van der Waals surface area (Å²) < 4.78 is 23.0. The van der Waals surface area contributed by atoms with Gasteiger partial charge >= 0.3 is 0 Å². The molecule has 0 aromatic heterocycles. The molecule has 2 aliphatic rings. The topological polar surface area (TPSA) is 49.0 Å². The molecule has 0 aliphatic carbocycles. The predicted molar refractivity (Wildman–Crippen MR) is 95.1 cm³/mol. The van der Waals surface area contributed by atoms with Crippen molar-refractivity contribution in [2.24, 2.45) is 0 Å². The van der Waals surface area contributed by atoms with Crippen LogP contribution in [0, 0.1) is 0 Å². The molecule has 25 heavy (non-hydrogen) atoms. The highest BCUT2D eigenvalue weighted by molar-refractivity contribution is 6.32. The zero-order chi connectivity index (χ0) is 17.1. The van der Waals surface area contributed by atoms with Crippen molar-refractivity contribution in [3.8, 4) is 23.0 Å². The van der Waals surface area contributed by atoms with E-state index in [9.17, 15) is 0 Å². The number of hydrogen-bond donors (Lipinski definition) is 1. The fourth-order valence-corrected chi connectivity index (χ4v) is 3.22. The average molecular weight is 362 g/mol. The summed E-state index contributed by atoms with van der Waals surface area (Å²) in [4.78, 5) is 0. The van der Waals surface area contributed by atoms with Gasteiger partial charge < -0.3 is 24.3 Å². The van der Waals surface area contributed by atoms with Crippen LogP contribution in [0.25, 0.3) is 0 Å². The lowest BCUT2D eigenvalue weighted by atomic mass is 10.2. The molecule has 0 bridgehead atoms. The molecule has 0 spiro atoms. The molecule has 5 nitrogen and oxygen atoms in total. The van der Waals surface area contributed by atoms with Crippen molar-refractivity contribution in [3.63, 3.8) is 0 Å². The second kappa shape index (κ2) is 7.42. The van der Waals surface area contributed by atoms with E-state index in [4.69, 9.17) is 30.5 Å². The first-order chi connectivity index (χ1) is 12.3. The highest BCUT2D eigenvalue weighted by Gasteiger charge is 2.20. The van der Waals surface area contributed by atoms with E-state index in [0.717, 1.165) is 23.5 Å². The third-order valence-corrected chi connectivity index (χ3v) is 4.41. The second-order valence-corrected chi connectivity index (χ2v) is 6.49. The van der Waals surface area contributed by atoms with Gasteiger partial charge in [-0.1, -0.05) is 23.7 Å². The Morgan fingerprint density at radius 3 is 2.76 bits per heavy atom. The molecule has 6 heteroatoms. The SMILES string of the molecule is Clc1cc(CNC[C@H]2COc3ccccc3O2)cc2c1OCCCO2. The zero-order valence-corrected chi connectivity index (χ0v) is 14.6. The molecule has 132 valence electrons. The number of halogens is 1. The third-order valence-electron chi connectivity index (χ3n) is 4.13. The van der Waals surface area contributed by atoms with Crippen LogP contribution in [-0.4, -0.2) is 32.5 Å². The fourth-order valence-electron chi connectivity index (χ4n) is 2.93. The molecular formula is C19H20ClNO4. The smallest absolute Gasteiger partial charge is 0.179 e. The van der Waals surface area contributed by atoms with Crippen LogP contribution < -0.4 is 24.3 Å². The lowest BCUT2D eigenvalue weighted by molar-refractivity contribution is 0.0902. The highest BCUT2D eigenvalue weighted by Crippen LogP contribution is 2.38. The van der Waals surface area contributed by atoms with Gasteiger partial charge in [-0.15, -0.1) is 0 Å². The summed E-state index contributed by atoms with van der Waals surface area (Å²) in [6, 6.07) is 11.6. The summed E-state index contributed by atoms with van der Waals surface area (Å²) >= 11 is 6.33. The van der Waals surface area contributed by atoms with Gasteiger partial charge in [-0.2, -0.15) is 0 Å². The van der Waals surface area contributed by atoms with Gasteiger partial charge in [0.2, 0.25) is 0 Å². The summed E-state index contributed by atoms with van der Waals surface area (Å²) in [5, 5.41) is 3.98. The average Bonchev–Trinajstić information content (AvgIpc) is 2.87. The van der Waals surface area contributed by atoms with Crippen LogP contribution in [0.2, 0.25) is 5.02 Å². The van der Waals surface area contributed by atoms with Gasteiger partial charge in [-0.05, 0) is 29.8 Å². The maximum Gasteiger partial charge on any atom is 0.179 e. The zero-order valence-electron chi connectivity index (χ0n) is 13.8. The molecule has 2 aromatic carbocycles. The van der Waals surface area contributed by atoms with Crippen LogP contribution in [0.3, 0.4) is 0 Å². The molecule has 0 amide bonds. The number of nitrogens with one attached hydrogen (secondary N) is 1. The number of ether oxygens (including phenoxy) is 4. The Balaban J connectivity index is 1.35. The van der Waals surface area contributed by atoms with E-state index >= 15 is 0 Å². The first kappa shape index (κ1) is 16.4. The van der Waals surface area contributed by atoms with E-state index in [2.05, 4.69) is 5.32 Å². The van der Waals surface area contributed by atoms with Crippen LogP contribution in [0.5, 0.6) is 23.0 Å². The minimum atomic E-state index is -0.0224. The van der Waals surface area contributed by atoms with Crippen molar-refractivity contribution >= 4 is 11.6 Å². The Morgan fingerprint density at radius 1 is 1.00 bits per heavy atom. The summed E-state index contributed by atoms with van der Waals surface area (Å²) in [6.07, 6.45) is 0.838. The molecule has 4 rings (SSSR count). The maximum absolute atomic E-state index is 6.33. The summed E-state index contributed by atoms with van der Waals surface area (Å²) in [6.45, 7) is 3.15. The van der Waals surface area contributed by atoms with Crippen molar-refractivity contribution in [1.29, 1.82) is 0 Å². The van der Waals surface area contributed by atoms with Gasteiger partial charge in [-0.3, -0.25) is 0 Å². The third kappa shape index (κ3) is 3.78. The number of para-hydroxylation sites is 2. The van der Waals surface area contributed by atoms with Crippen molar-refractivity contribution in [2.75, 3.05) is 26.4 Å². The number of rotatable bonds is 4. The van der Waals surface area contributed by atoms with Gasteiger partial charge in [-0.25, -0.2) is 0 Å². The molecule has 2 heterocycles.